The van der Waals surface area contributed by atoms with E-state index in [-0.39, 0.29) is 23.5 Å². The molecule has 12 heteroatoms. The molecule has 1 aromatic heterocycles. The van der Waals surface area contributed by atoms with Crippen LogP contribution in [0.1, 0.15) is 18.4 Å². The van der Waals surface area contributed by atoms with Crippen molar-refractivity contribution in [2.45, 2.75) is 25.4 Å². The van der Waals surface area contributed by atoms with Crippen LogP contribution in [0.5, 0.6) is 23.0 Å². The third-order valence-corrected chi connectivity index (χ3v) is 7.34. The largest absolute Gasteiger partial charge is 0.493 e. The third-order valence-electron chi connectivity index (χ3n) is 6.84. The number of thiocarbonyl (C=S) groups is 1. The molecule has 1 aliphatic heterocycles. The second-order valence-corrected chi connectivity index (χ2v) is 10.9. The lowest BCUT2D eigenvalue weighted by Crippen LogP contribution is -2.38. The van der Waals surface area contributed by atoms with Gasteiger partial charge in [0.1, 0.15) is 17.3 Å². The zero-order chi connectivity index (χ0) is 30.9. The molecule has 1 aliphatic rings. The molecule has 44 heavy (non-hydrogen) atoms. The Balaban J connectivity index is 1.20. The Labute approximate surface area is 265 Å². The summed E-state index contributed by atoms with van der Waals surface area (Å²) in [4.78, 5) is 16.8. The first kappa shape index (κ1) is 31.4. The number of halogens is 2. The quantitative estimate of drug-likeness (QED) is 0.134. The average molecular weight is 639 g/mol. The van der Waals surface area contributed by atoms with Crippen molar-refractivity contribution in [3.8, 4) is 23.0 Å². The van der Waals surface area contributed by atoms with E-state index in [9.17, 15) is 9.18 Å². The molecule has 4 aromatic rings. The summed E-state index contributed by atoms with van der Waals surface area (Å²) >= 11 is 11.8. The van der Waals surface area contributed by atoms with E-state index < -0.39 is 5.82 Å². The number of morpholine rings is 1. The first-order chi connectivity index (χ1) is 21.4. The second kappa shape index (κ2) is 15.1. The molecule has 1 atom stereocenters. The van der Waals surface area contributed by atoms with Crippen LogP contribution < -0.4 is 30.2 Å². The normalized spacial score (nSPS) is 14.6. The van der Waals surface area contributed by atoms with E-state index in [1.165, 1.54) is 12.1 Å². The highest BCUT2D eigenvalue weighted by Gasteiger charge is 2.16. The van der Waals surface area contributed by atoms with Crippen LogP contribution >= 0.6 is 23.8 Å². The Kier molecular flexibility index (Phi) is 10.8. The molecular formula is C32H32ClFN4O5S. The van der Waals surface area contributed by atoms with Crippen LogP contribution in [0, 0.1) is 5.82 Å². The maximum absolute atomic E-state index is 13.4. The minimum absolute atomic E-state index is 0.0147. The molecule has 230 valence electrons. The van der Waals surface area contributed by atoms with E-state index in [1.807, 2.05) is 12.1 Å². The monoisotopic (exact) mass is 638 g/mol. The highest BCUT2D eigenvalue weighted by atomic mass is 35.5. The number of hydrogen-bond acceptors (Lipinski definition) is 8. The minimum atomic E-state index is -0.407. The fraction of sp³-hybridized carbons (Fsp3) is 0.281. The predicted octanol–water partition coefficient (Wildman–Crippen LogP) is 6.03. The standard InChI is InChI=1S/C32H32ClFN4O5S/c1-40-29-17-24-26(18-30(29)42-12-3-6-23-19-35-11-13-41-23)36-10-9-27(24)43-28-8-7-22(16-25(28)33)37-32(44)38-31(39)15-20-4-2-5-21(34)14-20/h2,4-5,7-10,14,16-18,23,35H,3,6,11-13,15,19H2,1H3,(H2,37,38,39,44). The summed E-state index contributed by atoms with van der Waals surface area (Å²) in [6.45, 7) is 3.01. The summed E-state index contributed by atoms with van der Waals surface area (Å²) in [7, 11) is 1.59. The highest BCUT2D eigenvalue weighted by molar-refractivity contribution is 7.80. The van der Waals surface area contributed by atoms with Crippen LogP contribution in [0.2, 0.25) is 5.02 Å². The molecular weight excluding hydrogens is 607 g/mol. The van der Waals surface area contributed by atoms with Gasteiger partial charge in [0.2, 0.25) is 5.91 Å². The van der Waals surface area contributed by atoms with Gasteiger partial charge in [-0.05, 0) is 73.1 Å². The number of nitrogens with zero attached hydrogens (tertiary/aromatic N) is 1. The van der Waals surface area contributed by atoms with Crippen molar-refractivity contribution in [2.75, 3.05) is 38.7 Å². The number of aromatic nitrogens is 1. The molecule has 2 heterocycles. The third kappa shape index (κ3) is 8.54. The zero-order valence-corrected chi connectivity index (χ0v) is 25.6. The van der Waals surface area contributed by atoms with E-state index >= 15 is 0 Å². The number of rotatable bonds is 11. The van der Waals surface area contributed by atoms with Crippen LogP contribution in [-0.4, -0.2) is 55.5 Å². The van der Waals surface area contributed by atoms with Crippen LogP contribution in [0.3, 0.4) is 0 Å². The van der Waals surface area contributed by atoms with Gasteiger partial charge in [0.05, 0.1) is 43.4 Å². The summed E-state index contributed by atoms with van der Waals surface area (Å²) in [6, 6.07) is 16.3. The summed E-state index contributed by atoms with van der Waals surface area (Å²) in [5, 5.41) is 9.97. The predicted molar refractivity (Wildman–Crippen MR) is 172 cm³/mol. The Hall–Kier alpha value is -4.03. The molecule has 9 nitrogen and oxygen atoms in total. The summed E-state index contributed by atoms with van der Waals surface area (Å²) in [5.74, 6) is 1.31. The lowest BCUT2D eigenvalue weighted by molar-refractivity contribution is -0.119. The van der Waals surface area contributed by atoms with Crippen molar-refractivity contribution in [1.82, 2.24) is 15.6 Å². The van der Waals surface area contributed by atoms with Crippen LogP contribution in [0.4, 0.5) is 10.1 Å². The molecule has 0 bridgehead atoms. The van der Waals surface area contributed by atoms with Crippen molar-refractivity contribution in [1.29, 1.82) is 0 Å². The topological polar surface area (TPSA) is 103 Å². The molecule has 0 spiro atoms. The van der Waals surface area contributed by atoms with Gasteiger partial charge in [-0.15, -0.1) is 0 Å². The molecule has 0 aliphatic carbocycles. The van der Waals surface area contributed by atoms with Crippen molar-refractivity contribution in [3.05, 3.63) is 83.3 Å². The molecule has 1 amide bonds. The van der Waals surface area contributed by atoms with Gasteiger partial charge in [-0.25, -0.2) is 4.39 Å². The first-order valence-corrected chi connectivity index (χ1v) is 14.9. The van der Waals surface area contributed by atoms with Gasteiger partial charge in [-0.3, -0.25) is 9.78 Å². The molecule has 0 saturated carbocycles. The smallest absolute Gasteiger partial charge is 0.230 e. The number of pyridine rings is 1. The number of anilines is 1. The van der Waals surface area contributed by atoms with Crippen molar-refractivity contribution in [3.63, 3.8) is 0 Å². The molecule has 5 rings (SSSR count). The zero-order valence-electron chi connectivity index (χ0n) is 24.0. The Morgan fingerprint density at radius 1 is 1.14 bits per heavy atom. The van der Waals surface area contributed by atoms with Gasteiger partial charge in [0.15, 0.2) is 16.6 Å². The molecule has 3 aromatic carbocycles. The molecule has 1 fully saturated rings. The summed E-state index contributed by atoms with van der Waals surface area (Å²) < 4.78 is 37.0. The van der Waals surface area contributed by atoms with Crippen LogP contribution in [0.15, 0.2) is 66.9 Å². The van der Waals surface area contributed by atoms with Gasteiger partial charge in [0.25, 0.3) is 0 Å². The van der Waals surface area contributed by atoms with E-state index in [2.05, 4.69) is 20.9 Å². The van der Waals surface area contributed by atoms with Crippen molar-refractivity contribution >= 4 is 51.4 Å². The fourth-order valence-corrected chi connectivity index (χ4v) is 5.18. The Morgan fingerprint density at radius 3 is 2.80 bits per heavy atom. The average Bonchev–Trinajstić information content (AvgIpc) is 3.00. The van der Waals surface area contributed by atoms with Gasteiger partial charge in [0, 0.05) is 36.4 Å². The number of methoxy groups -OCH3 is 1. The molecule has 1 unspecified atom stereocenters. The maximum atomic E-state index is 13.4. The second-order valence-electron chi connectivity index (χ2n) is 10.1. The molecule has 0 radical (unpaired) electrons. The first-order valence-electron chi connectivity index (χ1n) is 14.1. The SMILES string of the molecule is COc1cc2c(Oc3ccc(NC(=S)NC(=O)Cc4cccc(F)c4)cc3Cl)ccnc2cc1OCCCC1CNCCO1. The van der Waals surface area contributed by atoms with E-state index in [0.717, 1.165) is 37.9 Å². The number of fused-ring (bicyclic) bond motifs is 1. The number of carbonyl (C=O) groups is 1. The maximum Gasteiger partial charge on any atom is 0.230 e. The van der Waals surface area contributed by atoms with E-state index in [1.54, 1.807) is 49.7 Å². The van der Waals surface area contributed by atoms with E-state index in [0.29, 0.717) is 51.4 Å². The lowest BCUT2D eigenvalue weighted by atomic mass is 10.1. The van der Waals surface area contributed by atoms with Gasteiger partial charge >= 0.3 is 0 Å². The highest BCUT2D eigenvalue weighted by Crippen LogP contribution is 2.39. The minimum Gasteiger partial charge on any atom is -0.493 e. The number of carbonyl (C=O) groups excluding carboxylic acids is 1. The number of hydrogen-bond donors (Lipinski definition) is 3. The van der Waals surface area contributed by atoms with Crippen LogP contribution in [0.25, 0.3) is 10.9 Å². The molecule has 1 saturated heterocycles. The van der Waals surface area contributed by atoms with E-state index in [4.69, 9.17) is 42.8 Å². The van der Waals surface area contributed by atoms with Gasteiger partial charge in [-0.1, -0.05) is 23.7 Å². The van der Waals surface area contributed by atoms with Crippen molar-refractivity contribution < 1.29 is 28.1 Å². The lowest BCUT2D eigenvalue weighted by Gasteiger charge is -2.23. The Morgan fingerprint density at radius 2 is 2.02 bits per heavy atom. The number of ether oxygens (including phenoxy) is 4. The summed E-state index contributed by atoms with van der Waals surface area (Å²) in [5.41, 5.74) is 1.76. The van der Waals surface area contributed by atoms with Crippen molar-refractivity contribution in [2.24, 2.45) is 0 Å². The van der Waals surface area contributed by atoms with Crippen LogP contribution in [-0.2, 0) is 16.0 Å². The van der Waals surface area contributed by atoms with Gasteiger partial charge < -0.3 is 34.9 Å². The summed E-state index contributed by atoms with van der Waals surface area (Å²) in [6.07, 6.45) is 3.60. The molecule has 3 N–H and O–H groups in total. The fourth-order valence-electron chi connectivity index (χ4n) is 4.73. The number of benzene rings is 3. The number of nitrogens with one attached hydrogen (secondary N) is 3. The van der Waals surface area contributed by atoms with Gasteiger partial charge in [-0.2, -0.15) is 0 Å². The Bertz CT molecular complexity index is 1640. The number of amides is 1.